The lowest BCUT2D eigenvalue weighted by Crippen LogP contribution is -1.95. The first-order valence-electron chi connectivity index (χ1n) is 6.91. The molecular weight excluding hydrogens is 263 g/mol. The molecule has 0 bridgehead atoms. The Morgan fingerprint density at radius 1 is 0.857 bits per heavy atom. The number of hydrogen-bond acceptors (Lipinski definition) is 1. The predicted octanol–water partition coefficient (Wildman–Crippen LogP) is 4.45. The summed E-state index contributed by atoms with van der Waals surface area (Å²) in [6.45, 7) is 0. The van der Waals surface area contributed by atoms with E-state index in [1.807, 2.05) is 30.3 Å². The maximum atomic E-state index is 13.7. The molecular formula is C18H13FN2. The van der Waals surface area contributed by atoms with Gasteiger partial charge in [-0.1, -0.05) is 36.4 Å². The number of fused-ring (bicyclic) bond motifs is 3. The largest absolute Gasteiger partial charge is 0.339 e. The van der Waals surface area contributed by atoms with Crippen LogP contribution in [0.5, 0.6) is 0 Å². The fourth-order valence-corrected chi connectivity index (χ4v) is 2.70. The molecule has 0 aliphatic rings. The zero-order valence-corrected chi connectivity index (χ0v) is 11.3. The van der Waals surface area contributed by atoms with Crippen molar-refractivity contribution in [3.63, 3.8) is 0 Å². The highest BCUT2D eigenvalue weighted by atomic mass is 19.1. The third-order valence-electron chi connectivity index (χ3n) is 3.75. The van der Waals surface area contributed by atoms with E-state index in [9.17, 15) is 4.39 Å². The second-order valence-corrected chi connectivity index (χ2v) is 5.14. The number of nitrogens with one attached hydrogen (secondary N) is 1. The Hall–Kier alpha value is -2.68. The quantitative estimate of drug-likeness (QED) is 0.576. The van der Waals surface area contributed by atoms with E-state index in [1.165, 1.54) is 6.07 Å². The van der Waals surface area contributed by atoms with Gasteiger partial charge >= 0.3 is 0 Å². The van der Waals surface area contributed by atoms with Crippen LogP contribution in [0.25, 0.3) is 21.9 Å². The maximum absolute atomic E-state index is 13.7. The summed E-state index contributed by atoms with van der Waals surface area (Å²) in [5.74, 6) is -0.184. The number of benzene rings is 2. The Morgan fingerprint density at radius 2 is 1.67 bits per heavy atom. The van der Waals surface area contributed by atoms with E-state index < -0.39 is 0 Å². The van der Waals surface area contributed by atoms with Crippen molar-refractivity contribution in [2.75, 3.05) is 0 Å². The molecule has 0 spiro atoms. The molecule has 0 atom stereocenters. The normalized spacial score (nSPS) is 11.3. The number of rotatable bonds is 2. The van der Waals surface area contributed by atoms with Gasteiger partial charge < -0.3 is 4.98 Å². The van der Waals surface area contributed by atoms with Crippen molar-refractivity contribution < 1.29 is 4.39 Å². The number of aromatic nitrogens is 2. The molecule has 0 amide bonds. The van der Waals surface area contributed by atoms with Gasteiger partial charge in [-0.2, -0.15) is 0 Å². The molecule has 3 heteroatoms. The SMILES string of the molecule is Fc1ccccc1Cc1ccc2c(n1)[nH]c1ccccc12. The Balaban J connectivity index is 1.80. The monoisotopic (exact) mass is 276 g/mol. The van der Waals surface area contributed by atoms with Gasteiger partial charge in [-0.15, -0.1) is 0 Å². The van der Waals surface area contributed by atoms with Gasteiger partial charge in [-0.25, -0.2) is 9.37 Å². The molecule has 2 heterocycles. The van der Waals surface area contributed by atoms with Crippen LogP contribution in [0, 0.1) is 5.82 Å². The molecule has 0 unspecified atom stereocenters. The van der Waals surface area contributed by atoms with Gasteiger partial charge in [-0.05, 0) is 29.8 Å². The molecule has 0 aliphatic carbocycles. The first-order chi connectivity index (χ1) is 10.3. The Kier molecular flexibility index (Phi) is 2.71. The van der Waals surface area contributed by atoms with Crippen molar-refractivity contribution in [1.29, 1.82) is 0 Å². The van der Waals surface area contributed by atoms with E-state index in [-0.39, 0.29) is 5.82 Å². The van der Waals surface area contributed by atoms with Crippen LogP contribution in [0.1, 0.15) is 11.3 Å². The van der Waals surface area contributed by atoms with Gasteiger partial charge in [0.25, 0.3) is 0 Å². The summed E-state index contributed by atoms with van der Waals surface area (Å²) in [6.07, 6.45) is 0.498. The standard InChI is InChI=1S/C18H13FN2/c19-16-7-3-1-5-12(16)11-13-9-10-15-14-6-2-4-8-17(14)21-18(15)20-13/h1-10H,11H2,(H,20,21). The minimum atomic E-state index is -0.184. The van der Waals surface area contributed by atoms with Crippen molar-refractivity contribution in [1.82, 2.24) is 9.97 Å². The molecule has 21 heavy (non-hydrogen) atoms. The number of H-pyrrole nitrogens is 1. The Morgan fingerprint density at radius 3 is 2.57 bits per heavy atom. The summed E-state index contributed by atoms with van der Waals surface area (Å²) in [4.78, 5) is 7.94. The number of aromatic amines is 1. The van der Waals surface area contributed by atoms with Crippen LogP contribution in [0.3, 0.4) is 0 Å². The molecule has 0 aliphatic heterocycles. The molecule has 1 N–H and O–H groups in total. The molecule has 0 saturated carbocycles. The number of halogens is 1. The number of nitrogens with zero attached hydrogens (tertiary/aromatic N) is 1. The topological polar surface area (TPSA) is 28.7 Å². The first-order valence-corrected chi connectivity index (χ1v) is 6.91. The molecule has 2 nitrogen and oxygen atoms in total. The average molecular weight is 276 g/mol. The highest BCUT2D eigenvalue weighted by molar-refractivity contribution is 6.05. The smallest absolute Gasteiger partial charge is 0.138 e. The van der Waals surface area contributed by atoms with Gasteiger partial charge in [0, 0.05) is 28.4 Å². The second kappa shape index (κ2) is 4.70. The Bertz CT molecular complexity index is 940. The van der Waals surface area contributed by atoms with E-state index in [1.54, 1.807) is 12.1 Å². The third kappa shape index (κ3) is 2.07. The van der Waals surface area contributed by atoms with E-state index in [2.05, 4.69) is 22.1 Å². The van der Waals surface area contributed by atoms with E-state index in [0.717, 1.165) is 27.6 Å². The second-order valence-electron chi connectivity index (χ2n) is 5.14. The lowest BCUT2D eigenvalue weighted by atomic mass is 10.1. The summed E-state index contributed by atoms with van der Waals surface area (Å²) in [7, 11) is 0. The van der Waals surface area contributed by atoms with E-state index in [4.69, 9.17) is 0 Å². The summed E-state index contributed by atoms with van der Waals surface area (Å²) >= 11 is 0. The fourth-order valence-electron chi connectivity index (χ4n) is 2.70. The molecule has 4 rings (SSSR count). The van der Waals surface area contributed by atoms with Crippen LogP contribution in [0.2, 0.25) is 0 Å². The fraction of sp³-hybridized carbons (Fsp3) is 0.0556. The predicted molar refractivity (Wildman–Crippen MR) is 82.8 cm³/mol. The third-order valence-corrected chi connectivity index (χ3v) is 3.75. The van der Waals surface area contributed by atoms with Crippen molar-refractivity contribution in [3.8, 4) is 0 Å². The van der Waals surface area contributed by atoms with E-state index in [0.29, 0.717) is 12.0 Å². The van der Waals surface area contributed by atoms with Crippen LogP contribution in [-0.4, -0.2) is 9.97 Å². The molecule has 4 aromatic rings. The van der Waals surface area contributed by atoms with Crippen LogP contribution in [0.4, 0.5) is 4.39 Å². The molecule has 0 fully saturated rings. The highest BCUT2D eigenvalue weighted by Gasteiger charge is 2.07. The summed E-state index contributed by atoms with van der Waals surface area (Å²) < 4.78 is 13.7. The Labute approximate surface area is 121 Å². The lowest BCUT2D eigenvalue weighted by molar-refractivity contribution is 0.613. The summed E-state index contributed by atoms with van der Waals surface area (Å²) in [6, 6.07) is 19.0. The molecule has 102 valence electrons. The molecule has 2 aromatic heterocycles. The summed E-state index contributed by atoms with van der Waals surface area (Å²) in [5, 5.41) is 2.26. The van der Waals surface area contributed by atoms with Crippen LogP contribution in [0.15, 0.2) is 60.7 Å². The number of hydrogen-bond donors (Lipinski definition) is 1. The number of pyridine rings is 1. The summed E-state index contributed by atoms with van der Waals surface area (Å²) in [5.41, 5.74) is 3.45. The zero-order valence-electron chi connectivity index (χ0n) is 11.3. The van der Waals surface area contributed by atoms with Crippen LogP contribution >= 0.6 is 0 Å². The van der Waals surface area contributed by atoms with Crippen LogP contribution < -0.4 is 0 Å². The van der Waals surface area contributed by atoms with Gasteiger partial charge in [-0.3, -0.25) is 0 Å². The minimum absolute atomic E-state index is 0.184. The first kappa shape index (κ1) is 12.1. The average Bonchev–Trinajstić information content (AvgIpc) is 2.87. The van der Waals surface area contributed by atoms with Crippen molar-refractivity contribution in [2.45, 2.75) is 6.42 Å². The molecule has 2 aromatic carbocycles. The minimum Gasteiger partial charge on any atom is -0.339 e. The molecule has 0 radical (unpaired) electrons. The number of para-hydroxylation sites is 1. The van der Waals surface area contributed by atoms with Crippen molar-refractivity contribution in [2.24, 2.45) is 0 Å². The van der Waals surface area contributed by atoms with E-state index >= 15 is 0 Å². The zero-order chi connectivity index (χ0) is 14.2. The van der Waals surface area contributed by atoms with Crippen LogP contribution in [-0.2, 0) is 6.42 Å². The van der Waals surface area contributed by atoms with Crippen molar-refractivity contribution >= 4 is 21.9 Å². The van der Waals surface area contributed by atoms with Gasteiger partial charge in [0.15, 0.2) is 0 Å². The molecule has 0 saturated heterocycles. The highest BCUT2D eigenvalue weighted by Crippen LogP contribution is 2.24. The van der Waals surface area contributed by atoms with Gasteiger partial charge in [0.1, 0.15) is 11.5 Å². The van der Waals surface area contributed by atoms with Gasteiger partial charge in [0.05, 0.1) is 0 Å². The maximum Gasteiger partial charge on any atom is 0.138 e. The lowest BCUT2D eigenvalue weighted by Gasteiger charge is -2.02. The van der Waals surface area contributed by atoms with Crippen molar-refractivity contribution in [3.05, 3.63) is 77.7 Å². The van der Waals surface area contributed by atoms with Gasteiger partial charge in [0.2, 0.25) is 0 Å².